The van der Waals surface area contributed by atoms with E-state index in [-0.39, 0.29) is 11.5 Å². The molecule has 2 amide bonds. The molecular weight excluding hydrogens is 222 g/mol. The van der Waals surface area contributed by atoms with Gasteiger partial charge in [0.15, 0.2) is 5.84 Å². The molecule has 0 fully saturated rings. The van der Waals surface area contributed by atoms with E-state index in [2.05, 4.69) is 32.3 Å². The predicted octanol–water partition coefficient (Wildman–Crippen LogP) is 2.01. The van der Waals surface area contributed by atoms with Gasteiger partial charge in [0, 0.05) is 0 Å². The highest BCUT2D eigenvalue weighted by molar-refractivity contribution is 6.08. The monoisotopic (exact) mass is 231 g/mol. The van der Waals surface area contributed by atoms with Crippen molar-refractivity contribution in [2.45, 2.75) is 6.92 Å². The summed E-state index contributed by atoms with van der Waals surface area (Å²) >= 11 is 0. The Morgan fingerprint density at radius 1 is 1.47 bits per heavy atom. The van der Waals surface area contributed by atoms with E-state index < -0.39 is 6.03 Å². The van der Waals surface area contributed by atoms with Crippen molar-refractivity contribution in [3.05, 3.63) is 35.9 Å². The normalized spacial score (nSPS) is 18.1. The lowest BCUT2D eigenvalue weighted by atomic mass is 10.4. The van der Waals surface area contributed by atoms with Gasteiger partial charge in [0.25, 0.3) is 0 Å². The minimum Gasteiger partial charge on any atom is -0.460 e. The van der Waals surface area contributed by atoms with Gasteiger partial charge in [-0.1, -0.05) is 11.7 Å². The van der Waals surface area contributed by atoms with Crippen molar-refractivity contribution in [3.63, 3.8) is 0 Å². The largest absolute Gasteiger partial charge is 0.460 e. The minimum absolute atomic E-state index is 0.171. The highest BCUT2D eigenvalue weighted by atomic mass is 16.3. The van der Waals surface area contributed by atoms with Gasteiger partial charge >= 0.3 is 6.03 Å². The molecule has 0 unspecified atom stereocenters. The first-order valence-electron chi connectivity index (χ1n) is 4.74. The van der Waals surface area contributed by atoms with E-state index >= 15 is 0 Å². The lowest BCUT2D eigenvalue weighted by Gasteiger charge is -2.06. The van der Waals surface area contributed by atoms with Crippen molar-refractivity contribution in [1.29, 1.82) is 0 Å². The first-order valence-corrected chi connectivity index (χ1v) is 4.74. The van der Waals surface area contributed by atoms with E-state index in [4.69, 9.17) is 4.42 Å². The molecule has 0 atom stereocenters. The summed E-state index contributed by atoms with van der Waals surface area (Å²) in [5.41, 5.74) is 0.248. The third-order valence-corrected chi connectivity index (χ3v) is 1.86. The Morgan fingerprint density at radius 3 is 3.00 bits per heavy atom. The van der Waals surface area contributed by atoms with Gasteiger partial charge in [-0.3, -0.25) is 5.32 Å². The Hall–Kier alpha value is -2.57. The van der Waals surface area contributed by atoms with Crippen LogP contribution < -0.4 is 5.32 Å². The maximum atomic E-state index is 10.9. The Kier molecular flexibility index (Phi) is 2.91. The van der Waals surface area contributed by atoms with Crippen molar-refractivity contribution in [2.75, 3.05) is 0 Å². The zero-order chi connectivity index (χ0) is 12.3. The van der Waals surface area contributed by atoms with E-state index in [9.17, 15) is 4.79 Å². The molecule has 7 heteroatoms. The number of furan rings is 1. The zero-order valence-electron chi connectivity index (χ0n) is 9.04. The highest BCUT2D eigenvalue weighted by Gasteiger charge is 2.13. The fraction of sp³-hybridized carbons (Fsp3) is 0.100. The van der Waals surface area contributed by atoms with Crippen molar-refractivity contribution in [1.82, 2.24) is 5.32 Å². The van der Waals surface area contributed by atoms with Crippen LogP contribution >= 0.6 is 0 Å². The number of nitrogens with one attached hydrogen (secondary N) is 1. The number of aryl methyl sites for hydroxylation is 1. The Morgan fingerprint density at radius 2 is 2.29 bits per heavy atom. The standard InChI is InChI=1S/C10H9N5O2/c1-6-3-4-8(17-6)5-11-14-9-7(2)13-15-10(16)12-9/h3-5H,2H2,1H3,(H,12,14,16)/b11-5+. The summed E-state index contributed by atoms with van der Waals surface area (Å²) in [7, 11) is 0. The lowest BCUT2D eigenvalue weighted by molar-refractivity contribution is 0.251. The van der Waals surface area contributed by atoms with Crippen LogP contribution in [0.5, 0.6) is 0 Å². The van der Waals surface area contributed by atoms with E-state index in [1.807, 2.05) is 13.0 Å². The molecule has 0 saturated heterocycles. The summed E-state index contributed by atoms with van der Waals surface area (Å²) in [5, 5.41) is 16.6. The molecule has 0 spiro atoms. The number of hydrogen-bond donors (Lipinski definition) is 1. The second-order valence-electron chi connectivity index (χ2n) is 3.22. The van der Waals surface area contributed by atoms with Crippen LogP contribution in [0.4, 0.5) is 4.79 Å². The molecule has 2 rings (SSSR count). The van der Waals surface area contributed by atoms with Crippen LogP contribution in [0.3, 0.4) is 0 Å². The molecule has 1 aliphatic heterocycles. The molecule has 1 aliphatic rings. The topological polar surface area (TPSA) is 91.7 Å². The van der Waals surface area contributed by atoms with Crippen LogP contribution in [0.25, 0.3) is 0 Å². The van der Waals surface area contributed by atoms with Crippen molar-refractivity contribution in [3.8, 4) is 0 Å². The summed E-state index contributed by atoms with van der Waals surface area (Å²) in [6, 6.07) is 2.97. The van der Waals surface area contributed by atoms with Gasteiger partial charge in [-0.05, 0) is 19.1 Å². The fourth-order valence-corrected chi connectivity index (χ4v) is 1.10. The van der Waals surface area contributed by atoms with E-state index in [0.29, 0.717) is 5.76 Å². The second-order valence-corrected chi connectivity index (χ2v) is 3.22. The number of nitrogens with zero attached hydrogens (tertiary/aromatic N) is 4. The molecule has 0 aromatic carbocycles. The second kappa shape index (κ2) is 4.52. The quantitative estimate of drug-likeness (QED) is 0.622. The molecule has 1 aromatic rings. The number of carbonyl (C=O) groups is 1. The van der Waals surface area contributed by atoms with Crippen LogP contribution in [-0.2, 0) is 0 Å². The SMILES string of the molecule is C=C1N=NC(=O)N/C1=N/N=C/c1ccc(C)o1. The smallest absolute Gasteiger partial charge is 0.365 e. The first-order chi connectivity index (χ1) is 8.15. The number of rotatable bonds is 2. The average molecular weight is 231 g/mol. The maximum absolute atomic E-state index is 10.9. The summed E-state index contributed by atoms with van der Waals surface area (Å²) in [5.74, 6) is 1.52. The maximum Gasteiger partial charge on any atom is 0.365 e. The number of azo groups is 1. The number of carbonyl (C=O) groups excluding carboxylic acids is 1. The van der Waals surface area contributed by atoms with Gasteiger partial charge in [0.1, 0.15) is 17.2 Å². The van der Waals surface area contributed by atoms with E-state index in [1.54, 1.807) is 6.07 Å². The molecular formula is C10H9N5O2. The van der Waals surface area contributed by atoms with Gasteiger partial charge in [0.2, 0.25) is 0 Å². The molecule has 0 aliphatic carbocycles. The Bertz CT molecular complexity index is 553. The van der Waals surface area contributed by atoms with Crippen LogP contribution in [0.2, 0.25) is 0 Å². The van der Waals surface area contributed by atoms with Crippen molar-refractivity contribution < 1.29 is 9.21 Å². The van der Waals surface area contributed by atoms with E-state index in [0.717, 1.165) is 5.76 Å². The van der Waals surface area contributed by atoms with Crippen molar-refractivity contribution in [2.24, 2.45) is 20.4 Å². The molecule has 0 bridgehead atoms. The molecule has 17 heavy (non-hydrogen) atoms. The third-order valence-electron chi connectivity index (χ3n) is 1.86. The summed E-state index contributed by atoms with van der Waals surface area (Å²) in [6.45, 7) is 5.38. The Labute approximate surface area is 96.6 Å². The summed E-state index contributed by atoms with van der Waals surface area (Å²) in [4.78, 5) is 10.9. The Balaban J connectivity index is 2.10. The van der Waals surface area contributed by atoms with Crippen LogP contribution in [0.15, 0.2) is 49.3 Å². The van der Waals surface area contributed by atoms with Gasteiger partial charge in [-0.2, -0.15) is 5.10 Å². The first kappa shape index (κ1) is 10.9. The number of urea groups is 1. The third kappa shape index (κ3) is 2.71. The number of hydrogen-bond acceptors (Lipinski definition) is 5. The summed E-state index contributed by atoms with van der Waals surface area (Å²) < 4.78 is 5.25. The lowest BCUT2D eigenvalue weighted by Crippen LogP contribution is -2.31. The van der Waals surface area contributed by atoms with Gasteiger partial charge in [0.05, 0.1) is 6.21 Å². The van der Waals surface area contributed by atoms with Gasteiger partial charge < -0.3 is 4.42 Å². The van der Waals surface area contributed by atoms with Gasteiger partial charge in [-0.25, -0.2) is 4.79 Å². The molecule has 1 aromatic heterocycles. The van der Waals surface area contributed by atoms with E-state index in [1.165, 1.54) is 6.21 Å². The number of amides is 2. The van der Waals surface area contributed by atoms with Gasteiger partial charge in [-0.15, -0.1) is 10.2 Å². The molecule has 0 saturated carbocycles. The summed E-state index contributed by atoms with van der Waals surface area (Å²) in [6.07, 6.45) is 1.42. The number of amidine groups is 1. The molecule has 0 radical (unpaired) electrons. The van der Waals surface area contributed by atoms with Crippen LogP contribution in [0, 0.1) is 6.92 Å². The predicted molar refractivity (Wildman–Crippen MR) is 61.0 cm³/mol. The highest BCUT2D eigenvalue weighted by Crippen LogP contribution is 2.05. The van der Waals surface area contributed by atoms with Crippen molar-refractivity contribution >= 4 is 18.1 Å². The molecule has 7 nitrogen and oxygen atoms in total. The molecule has 2 heterocycles. The fourth-order valence-electron chi connectivity index (χ4n) is 1.10. The van der Waals surface area contributed by atoms with Crippen LogP contribution in [-0.4, -0.2) is 18.1 Å². The zero-order valence-corrected chi connectivity index (χ0v) is 9.04. The average Bonchev–Trinajstić information content (AvgIpc) is 2.69. The minimum atomic E-state index is -0.597. The molecule has 1 N–H and O–H groups in total. The molecule has 86 valence electrons. The van der Waals surface area contributed by atoms with Crippen LogP contribution in [0.1, 0.15) is 11.5 Å².